The molecule has 2 heteroatoms. The predicted molar refractivity (Wildman–Crippen MR) is 146 cm³/mol. The summed E-state index contributed by atoms with van der Waals surface area (Å²) in [4.78, 5) is 0. The molecule has 3 aromatic carbocycles. The Bertz CT molecular complexity index is 790. The van der Waals surface area contributed by atoms with Gasteiger partial charge in [-0.05, 0) is 0 Å². The summed E-state index contributed by atoms with van der Waals surface area (Å²) in [6, 6.07) is 33.5. The van der Waals surface area contributed by atoms with Crippen molar-refractivity contribution in [2.75, 3.05) is 6.16 Å². The third-order valence-electron chi connectivity index (χ3n) is 6.49. The second-order valence-electron chi connectivity index (χ2n) is 9.22. The van der Waals surface area contributed by atoms with Gasteiger partial charge < -0.3 is 0 Å². The van der Waals surface area contributed by atoms with Crippen molar-refractivity contribution in [3.05, 3.63) is 91.0 Å². The van der Waals surface area contributed by atoms with Gasteiger partial charge in [0, 0.05) is 0 Å². The van der Waals surface area contributed by atoms with Gasteiger partial charge in [-0.15, -0.1) is 0 Å². The Balaban J connectivity index is 1.87. The van der Waals surface area contributed by atoms with Crippen molar-refractivity contribution in [3.63, 3.8) is 0 Å². The molecule has 0 atom stereocenters. The second-order valence-corrected chi connectivity index (χ2v) is 18.3. The zero-order valence-electron chi connectivity index (χ0n) is 19.2. The summed E-state index contributed by atoms with van der Waals surface area (Å²) in [6.45, 7) is 4.66. The zero-order chi connectivity index (χ0) is 22.0. The standard InChI is InChI=1S/C29H38BrP/c1-26(2)18-10-5-3-4-6-17-25-31(30,27-19-11-7-12-20-27,28-21-13-8-14-22-28)29-23-15-9-16-24-29/h7-9,11-16,19-24,26H,3-6,10,17-18,25H2,1-2H3. The molecule has 0 spiro atoms. The third kappa shape index (κ3) is 5.68. The van der Waals surface area contributed by atoms with Crippen molar-refractivity contribution in [2.24, 2.45) is 5.92 Å². The van der Waals surface area contributed by atoms with Crippen LogP contribution >= 0.6 is 20.8 Å². The SMILES string of the molecule is CC(C)CCCCCCCCP(Br)(c1ccccc1)(c1ccccc1)c1ccccc1. The molecule has 166 valence electrons. The molecule has 0 N–H and O–H groups in total. The molecule has 0 saturated heterocycles. The van der Waals surface area contributed by atoms with Gasteiger partial charge in [0.05, 0.1) is 0 Å². The summed E-state index contributed by atoms with van der Waals surface area (Å²) in [7, 11) is 0. The Morgan fingerprint density at radius 2 is 0.903 bits per heavy atom. The van der Waals surface area contributed by atoms with E-state index in [1.165, 1.54) is 60.9 Å². The van der Waals surface area contributed by atoms with Gasteiger partial charge in [-0.25, -0.2) is 0 Å². The Hall–Kier alpha value is -1.43. The van der Waals surface area contributed by atoms with E-state index in [4.69, 9.17) is 0 Å². The predicted octanol–water partition coefficient (Wildman–Crippen LogP) is 8.21. The van der Waals surface area contributed by atoms with Gasteiger partial charge in [0.25, 0.3) is 0 Å². The van der Waals surface area contributed by atoms with Gasteiger partial charge in [0.15, 0.2) is 0 Å². The fraction of sp³-hybridized carbons (Fsp3) is 0.379. The van der Waals surface area contributed by atoms with Gasteiger partial charge in [-0.1, -0.05) is 0 Å². The molecule has 3 aromatic rings. The summed E-state index contributed by atoms with van der Waals surface area (Å²) in [5.41, 5.74) is 0. The molecule has 0 aromatic heterocycles. The monoisotopic (exact) mass is 496 g/mol. The summed E-state index contributed by atoms with van der Waals surface area (Å²) in [5.74, 6) is 0.835. The van der Waals surface area contributed by atoms with Crippen LogP contribution in [0.3, 0.4) is 0 Å². The topological polar surface area (TPSA) is 0 Å². The first-order valence-electron chi connectivity index (χ1n) is 12.0. The van der Waals surface area contributed by atoms with E-state index in [1.54, 1.807) is 0 Å². The number of hydrogen-bond acceptors (Lipinski definition) is 0. The zero-order valence-corrected chi connectivity index (χ0v) is 21.7. The van der Waals surface area contributed by atoms with Gasteiger partial charge in [0.2, 0.25) is 0 Å². The molecule has 0 bridgehead atoms. The van der Waals surface area contributed by atoms with Crippen LogP contribution in [0.5, 0.6) is 0 Å². The van der Waals surface area contributed by atoms with Crippen molar-refractivity contribution in [1.29, 1.82) is 0 Å². The number of benzene rings is 3. The molecule has 0 amide bonds. The molecule has 0 unspecified atom stereocenters. The number of halogens is 1. The van der Waals surface area contributed by atoms with Crippen LogP contribution < -0.4 is 15.9 Å². The van der Waals surface area contributed by atoms with Crippen LogP contribution in [0.2, 0.25) is 0 Å². The fourth-order valence-electron chi connectivity index (χ4n) is 4.72. The van der Waals surface area contributed by atoms with Gasteiger partial charge in [-0.2, -0.15) is 0 Å². The van der Waals surface area contributed by atoms with E-state index in [-0.39, 0.29) is 0 Å². The maximum absolute atomic E-state index is 4.56. The minimum atomic E-state index is -2.71. The van der Waals surface area contributed by atoms with Crippen LogP contribution in [0.15, 0.2) is 91.0 Å². The van der Waals surface area contributed by atoms with Crippen molar-refractivity contribution in [2.45, 2.75) is 58.8 Å². The van der Waals surface area contributed by atoms with Gasteiger partial charge in [-0.3, -0.25) is 0 Å². The molecule has 0 radical (unpaired) electrons. The van der Waals surface area contributed by atoms with Gasteiger partial charge in [0.1, 0.15) is 0 Å². The molecule has 0 heterocycles. The van der Waals surface area contributed by atoms with E-state index < -0.39 is 5.31 Å². The first kappa shape index (κ1) is 24.2. The van der Waals surface area contributed by atoms with E-state index >= 15 is 0 Å². The first-order valence-corrected chi connectivity index (χ1v) is 16.4. The average molecular weight is 498 g/mol. The summed E-state index contributed by atoms with van der Waals surface area (Å²) < 4.78 is 0. The van der Waals surface area contributed by atoms with Crippen molar-refractivity contribution in [1.82, 2.24) is 0 Å². The molecule has 0 fully saturated rings. The molecular weight excluding hydrogens is 459 g/mol. The van der Waals surface area contributed by atoms with Crippen LogP contribution in [-0.2, 0) is 0 Å². The maximum atomic E-state index is 4.56. The number of hydrogen-bond donors (Lipinski definition) is 0. The molecule has 0 aliphatic heterocycles. The van der Waals surface area contributed by atoms with Crippen molar-refractivity contribution >= 4 is 36.7 Å². The Morgan fingerprint density at radius 3 is 1.29 bits per heavy atom. The average Bonchev–Trinajstić information content (AvgIpc) is 2.82. The second kappa shape index (κ2) is 11.4. The molecule has 3 rings (SSSR count). The Morgan fingerprint density at radius 1 is 0.548 bits per heavy atom. The Kier molecular flexibility index (Phi) is 8.94. The molecule has 0 nitrogen and oxygen atoms in total. The molecule has 31 heavy (non-hydrogen) atoms. The van der Waals surface area contributed by atoms with Crippen LogP contribution in [0, 0.1) is 5.92 Å². The minimum absolute atomic E-state index is 0.835. The van der Waals surface area contributed by atoms with Crippen molar-refractivity contribution in [3.8, 4) is 0 Å². The van der Waals surface area contributed by atoms with E-state index in [9.17, 15) is 0 Å². The van der Waals surface area contributed by atoms with Crippen LogP contribution in [0.4, 0.5) is 0 Å². The molecule has 0 aliphatic carbocycles. The third-order valence-corrected chi connectivity index (χ3v) is 16.5. The van der Waals surface area contributed by atoms with E-state index in [0.29, 0.717) is 0 Å². The van der Waals surface area contributed by atoms with Crippen LogP contribution in [0.25, 0.3) is 0 Å². The molecule has 0 saturated carbocycles. The number of unbranched alkanes of at least 4 members (excludes halogenated alkanes) is 5. The van der Waals surface area contributed by atoms with E-state index in [0.717, 1.165) is 12.1 Å². The normalized spacial score (nSPS) is 13.1. The fourth-order valence-corrected chi connectivity index (χ4v) is 12.5. The summed E-state index contributed by atoms with van der Waals surface area (Å²) in [6.07, 6.45) is 10.6. The Labute approximate surface area is 198 Å². The molecule has 0 aliphatic rings. The van der Waals surface area contributed by atoms with Crippen molar-refractivity contribution < 1.29 is 0 Å². The first-order chi connectivity index (χ1) is 15.1. The van der Waals surface area contributed by atoms with Gasteiger partial charge >= 0.3 is 199 Å². The summed E-state index contributed by atoms with van der Waals surface area (Å²) in [5, 5.41) is 1.59. The summed E-state index contributed by atoms with van der Waals surface area (Å²) >= 11 is 4.56. The van der Waals surface area contributed by atoms with Crippen LogP contribution in [-0.4, -0.2) is 6.16 Å². The quantitative estimate of drug-likeness (QED) is 0.175. The van der Waals surface area contributed by atoms with E-state index in [1.807, 2.05) is 0 Å². The van der Waals surface area contributed by atoms with Crippen LogP contribution in [0.1, 0.15) is 58.8 Å². The molecular formula is C29H38BrP. The van der Waals surface area contributed by atoms with E-state index in [2.05, 4.69) is 120 Å². The number of rotatable bonds is 12.